The molecular formula is C16H21NO. The fourth-order valence-corrected chi connectivity index (χ4v) is 2.19. The van der Waals surface area contributed by atoms with Gasteiger partial charge >= 0.3 is 0 Å². The number of rotatable bonds is 4. The molecule has 1 N–H and O–H groups in total. The summed E-state index contributed by atoms with van der Waals surface area (Å²) in [5.74, 6) is 0.972. The lowest BCUT2D eigenvalue weighted by Gasteiger charge is -2.32. The van der Waals surface area contributed by atoms with E-state index in [1.165, 1.54) is 5.56 Å². The van der Waals surface area contributed by atoms with Crippen LogP contribution in [-0.4, -0.2) is 0 Å². The van der Waals surface area contributed by atoms with Crippen LogP contribution < -0.4 is 5.32 Å². The van der Waals surface area contributed by atoms with Crippen LogP contribution in [0.1, 0.15) is 38.1 Å². The molecule has 96 valence electrons. The van der Waals surface area contributed by atoms with Crippen molar-refractivity contribution >= 4 is 0 Å². The number of nitrogens with one attached hydrogen (secondary N) is 1. The molecule has 1 aromatic carbocycles. The van der Waals surface area contributed by atoms with Gasteiger partial charge in [-0.1, -0.05) is 51.1 Å². The largest absolute Gasteiger partial charge is 0.468 e. The van der Waals surface area contributed by atoms with Crippen molar-refractivity contribution in [2.45, 2.75) is 33.4 Å². The number of hydrogen-bond donors (Lipinski definition) is 1. The van der Waals surface area contributed by atoms with Crippen molar-refractivity contribution in [3.63, 3.8) is 0 Å². The summed E-state index contributed by atoms with van der Waals surface area (Å²) in [7, 11) is 0. The van der Waals surface area contributed by atoms with Crippen molar-refractivity contribution in [3.05, 3.63) is 60.1 Å². The van der Waals surface area contributed by atoms with Gasteiger partial charge in [-0.2, -0.15) is 0 Å². The van der Waals surface area contributed by atoms with E-state index in [0.717, 1.165) is 12.3 Å². The molecule has 0 amide bonds. The minimum atomic E-state index is 0.161. The smallest absolute Gasteiger partial charge is 0.117 e. The van der Waals surface area contributed by atoms with Crippen molar-refractivity contribution in [2.75, 3.05) is 0 Å². The van der Waals surface area contributed by atoms with Crippen LogP contribution in [0.15, 0.2) is 53.1 Å². The van der Waals surface area contributed by atoms with Gasteiger partial charge in [0, 0.05) is 6.04 Å². The molecule has 0 fully saturated rings. The van der Waals surface area contributed by atoms with Crippen LogP contribution in [-0.2, 0) is 6.54 Å². The maximum absolute atomic E-state index is 5.37. The SMILES string of the molecule is CC(C)(C)C(NCc1ccco1)c1ccccc1. The third kappa shape index (κ3) is 3.23. The fourth-order valence-electron chi connectivity index (χ4n) is 2.19. The lowest BCUT2D eigenvalue weighted by molar-refractivity contribution is 0.264. The summed E-state index contributed by atoms with van der Waals surface area (Å²) in [5, 5.41) is 3.58. The Balaban J connectivity index is 2.12. The van der Waals surface area contributed by atoms with Crippen LogP contribution in [0.5, 0.6) is 0 Å². The maximum atomic E-state index is 5.37. The Bertz CT molecular complexity index is 454. The highest BCUT2D eigenvalue weighted by Crippen LogP contribution is 2.32. The van der Waals surface area contributed by atoms with Gasteiger partial charge < -0.3 is 9.73 Å². The molecule has 0 aliphatic carbocycles. The van der Waals surface area contributed by atoms with E-state index in [2.05, 4.69) is 56.4 Å². The topological polar surface area (TPSA) is 25.2 Å². The first-order valence-electron chi connectivity index (χ1n) is 6.38. The fraction of sp³-hybridized carbons (Fsp3) is 0.375. The first-order valence-corrected chi connectivity index (χ1v) is 6.38. The van der Waals surface area contributed by atoms with Crippen LogP contribution in [0.2, 0.25) is 0 Å². The second-order valence-electron chi connectivity index (χ2n) is 5.67. The van der Waals surface area contributed by atoms with Crippen LogP contribution in [0.4, 0.5) is 0 Å². The Kier molecular flexibility index (Phi) is 3.87. The Labute approximate surface area is 109 Å². The zero-order valence-corrected chi connectivity index (χ0v) is 11.3. The van der Waals surface area contributed by atoms with E-state index >= 15 is 0 Å². The van der Waals surface area contributed by atoms with Gasteiger partial charge in [-0.3, -0.25) is 0 Å². The van der Waals surface area contributed by atoms with Crippen LogP contribution >= 0.6 is 0 Å². The zero-order valence-electron chi connectivity index (χ0n) is 11.3. The lowest BCUT2D eigenvalue weighted by atomic mass is 9.82. The van der Waals surface area contributed by atoms with Gasteiger partial charge in [0.25, 0.3) is 0 Å². The van der Waals surface area contributed by atoms with Gasteiger partial charge in [0.15, 0.2) is 0 Å². The molecule has 2 rings (SSSR count). The summed E-state index contributed by atoms with van der Waals surface area (Å²) < 4.78 is 5.37. The van der Waals surface area contributed by atoms with E-state index < -0.39 is 0 Å². The van der Waals surface area contributed by atoms with Crippen LogP contribution in [0.3, 0.4) is 0 Å². The second kappa shape index (κ2) is 5.40. The Morgan fingerprint density at radius 3 is 2.33 bits per heavy atom. The van der Waals surface area contributed by atoms with Crippen molar-refractivity contribution in [2.24, 2.45) is 5.41 Å². The molecule has 0 aliphatic heterocycles. The summed E-state index contributed by atoms with van der Waals surface area (Å²) >= 11 is 0. The number of hydrogen-bond acceptors (Lipinski definition) is 2. The summed E-state index contributed by atoms with van der Waals surface area (Å²) in [4.78, 5) is 0. The summed E-state index contributed by atoms with van der Waals surface area (Å²) in [6.07, 6.45) is 1.71. The average Bonchev–Trinajstić information content (AvgIpc) is 2.82. The molecule has 2 heteroatoms. The Morgan fingerprint density at radius 1 is 1.06 bits per heavy atom. The Morgan fingerprint density at radius 2 is 1.78 bits per heavy atom. The van der Waals surface area contributed by atoms with E-state index in [9.17, 15) is 0 Å². The second-order valence-corrected chi connectivity index (χ2v) is 5.67. The number of furan rings is 1. The van der Waals surface area contributed by atoms with Gasteiger partial charge in [0.2, 0.25) is 0 Å². The van der Waals surface area contributed by atoms with Crippen LogP contribution in [0.25, 0.3) is 0 Å². The zero-order chi connectivity index (χ0) is 13.0. The first kappa shape index (κ1) is 12.9. The van der Waals surface area contributed by atoms with Gasteiger partial charge in [-0.25, -0.2) is 0 Å². The molecule has 2 nitrogen and oxygen atoms in total. The van der Waals surface area contributed by atoms with Crippen LogP contribution in [0, 0.1) is 5.41 Å². The van der Waals surface area contributed by atoms with Crippen molar-refractivity contribution in [3.8, 4) is 0 Å². The standard InChI is InChI=1S/C16H21NO/c1-16(2,3)15(13-8-5-4-6-9-13)17-12-14-10-7-11-18-14/h4-11,15,17H,12H2,1-3H3. The third-order valence-electron chi connectivity index (χ3n) is 3.06. The predicted molar refractivity (Wildman–Crippen MR) is 74.2 cm³/mol. The highest BCUT2D eigenvalue weighted by molar-refractivity contribution is 5.21. The molecule has 1 atom stereocenters. The molecule has 0 saturated carbocycles. The molecule has 18 heavy (non-hydrogen) atoms. The van der Waals surface area contributed by atoms with E-state index in [1.807, 2.05) is 12.1 Å². The molecule has 1 heterocycles. The van der Waals surface area contributed by atoms with Crippen molar-refractivity contribution in [1.82, 2.24) is 5.32 Å². The van der Waals surface area contributed by atoms with E-state index in [4.69, 9.17) is 4.42 Å². The summed E-state index contributed by atoms with van der Waals surface area (Å²) in [6, 6.07) is 14.8. The van der Waals surface area contributed by atoms with Gasteiger partial charge in [-0.05, 0) is 23.1 Å². The monoisotopic (exact) mass is 243 g/mol. The summed E-state index contributed by atoms with van der Waals surface area (Å²) in [5.41, 5.74) is 1.48. The quantitative estimate of drug-likeness (QED) is 0.872. The maximum Gasteiger partial charge on any atom is 0.117 e. The minimum absolute atomic E-state index is 0.161. The third-order valence-corrected chi connectivity index (χ3v) is 3.06. The van der Waals surface area contributed by atoms with E-state index in [-0.39, 0.29) is 5.41 Å². The van der Waals surface area contributed by atoms with Crippen molar-refractivity contribution < 1.29 is 4.42 Å². The number of benzene rings is 1. The predicted octanol–water partition coefficient (Wildman–Crippen LogP) is 4.16. The minimum Gasteiger partial charge on any atom is -0.468 e. The molecule has 0 saturated heterocycles. The normalized spacial score (nSPS) is 13.5. The highest BCUT2D eigenvalue weighted by atomic mass is 16.3. The lowest BCUT2D eigenvalue weighted by Crippen LogP contribution is -2.31. The summed E-state index contributed by atoms with van der Waals surface area (Å²) in [6.45, 7) is 7.50. The molecule has 0 aliphatic rings. The van der Waals surface area contributed by atoms with Gasteiger partial charge in [-0.15, -0.1) is 0 Å². The molecule has 1 unspecified atom stereocenters. The van der Waals surface area contributed by atoms with E-state index in [1.54, 1.807) is 6.26 Å². The molecule has 1 aromatic heterocycles. The van der Waals surface area contributed by atoms with Gasteiger partial charge in [0.1, 0.15) is 5.76 Å². The highest BCUT2D eigenvalue weighted by Gasteiger charge is 2.25. The average molecular weight is 243 g/mol. The van der Waals surface area contributed by atoms with Crippen molar-refractivity contribution in [1.29, 1.82) is 0 Å². The molecule has 2 aromatic rings. The molecule has 0 radical (unpaired) electrons. The van der Waals surface area contributed by atoms with Gasteiger partial charge in [0.05, 0.1) is 12.8 Å². The molecule has 0 spiro atoms. The Hall–Kier alpha value is -1.54. The first-order chi connectivity index (χ1) is 8.57. The van der Waals surface area contributed by atoms with E-state index in [0.29, 0.717) is 6.04 Å². The molecule has 0 bridgehead atoms. The molecular weight excluding hydrogens is 222 g/mol.